The van der Waals surface area contributed by atoms with Gasteiger partial charge in [-0.05, 0) is 49.9 Å². The number of rotatable bonds is 4. The molecular weight excluding hydrogens is 254 g/mol. The highest BCUT2D eigenvalue weighted by atomic mass is 16.4. The summed E-state index contributed by atoms with van der Waals surface area (Å²) in [6.07, 6.45) is 9.25. The number of hydrogen-bond acceptors (Lipinski definition) is 2. The van der Waals surface area contributed by atoms with Crippen molar-refractivity contribution >= 4 is 11.9 Å². The molecule has 20 heavy (non-hydrogen) atoms. The molecular formula is C16H25NO3. The first-order valence-electron chi connectivity index (χ1n) is 8.17. The van der Waals surface area contributed by atoms with Crippen LogP contribution < -0.4 is 5.32 Å². The number of carboxylic acids is 1. The average molecular weight is 279 g/mol. The molecule has 4 nitrogen and oxygen atoms in total. The standard InChI is InChI=1S/C16H25NO3/c18-15(17-9-10-4-2-1-3-5-10)13-11-6-7-12(8-11)14(13)16(19)20/h10-14H,1-9H2,(H,17,18)(H,19,20)/t11-,12-,13+,14+/m0/s1. The largest absolute Gasteiger partial charge is 0.481 e. The van der Waals surface area contributed by atoms with E-state index in [0.717, 1.165) is 25.8 Å². The van der Waals surface area contributed by atoms with E-state index in [1.165, 1.54) is 32.1 Å². The highest BCUT2D eigenvalue weighted by molar-refractivity contribution is 5.86. The van der Waals surface area contributed by atoms with Crippen molar-refractivity contribution < 1.29 is 14.7 Å². The lowest BCUT2D eigenvalue weighted by molar-refractivity contribution is -0.149. The second-order valence-electron chi connectivity index (χ2n) is 6.97. The average Bonchev–Trinajstić information content (AvgIpc) is 3.06. The molecule has 0 aromatic carbocycles. The molecule has 0 aromatic heterocycles. The maximum Gasteiger partial charge on any atom is 0.307 e. The Hall–Kier alpha value is -1.06. The first-order valence-corrected chi connectivity index (χ1v) is 8.17. The molecule has 0 spiro atoms. The number of hydrogen-bond donors (Lipinski definition) is 2. The van der Waals surface area contributed by atoms with E-state index in [-0.39, 0.29) is 17.7 Å². The van der Waals surface area contributed by atoms with E-state index in [0.29, 0.717) is 11.8 Å². The predicted molar refractivity (Wildman–Crippen MR) is 75.0 cm³/mol. The number of fused-ring (bicyclic) bond motifs is 2. The van der Waals surface area contributed by atoms with Crippen molar-refractivity contribution in [1.29, 1.82) is 0 Å². The fourth-order valence-corrected chi connectivity index (χ4v) is 4.78. The summed E-state index contributed by atoms with van der Waals surface area (Å²) in [7, 11) is 0. The van der Waals surface area contributed by atoms with E-state index in [1.807, 2.05) is 0 Å². The molecule has 0 aromatic rings. The van der Waals surface area contributed by atoms with Crippen LogP contribution in [0.3, 0.4) is 0 Å². The minimum Gasteiger partial charge on any atom is -0.481 e. The Morgan fingerprint density at radius 1 is 0.950 bits per heavy atom. The molecule has 2 bridgehead atoms. The zero-order chi connectivity index (χ0) is 14.1. The van der Waals surface area contributed by atoms with Crippen LogP contribution in [0.1, 0.15) is 51.4 Å². The van der Waals surface area contributed by atoms with Crippen LogP contribution in [0, 0.1) is 29.6 Å². The van der Waals surface area contributed by atoms with Gasteiger partial charge < -0.3 is 10.4 Å². The molecule has 2 N–H and O–H groups in total. The molecule has 0 saturated heterocycles. The van der Waals surface area contributed by atoms with Crippen LogP contribution in [0.2, 0.25) is 0 Å². The molecule has 3 rings (SSSR count). The van der Waals surface area contributed by atoms with Crippen molar-refractivity contribution in [2.75, 3.05) is 6.54 Å². The van der Waals surface area contributed by atoms with E-state index in [1.54, 1.807) is 0 Å². The SMILES string of the molecule is O=C(O)[C@@H]1[C@H]2CC[C@@H](C2)[C@H]1C(=O)NCC1CCCCC1. The quantitative estimate of drug-likeness (QED) is 0.830. The lowest BCUT2D eigenvalue weighted by atomic mass is 9.78. The van der Waals surface area contributed by atoms with Crippen molar-refractivity contribution in [3.05, 3.63) is 0 Å². The Labute approximate surface area is 120 Å². The summed E-state index contributed by atoms with van der Waals surface area (Å²) < 4.78 is 0. The Balaban J connectivity index is 1.57. The van der Waals surface area contributed by atoms with Crippen LogP contribution in [0.4, 0.5) is 0 Å². The van der Waals surface area contributed by atoms with Crippen molar-refractivity contribution in [2.24, 2.45) is 29.6 Å². The van der Waals surface area contributed by atoms with Crippen LogP contribution >= 0.6 is 0 Å². The summed E-state index contributed by atoms with van der Waals surface area (Å²) in [5, 5.41) is 12.5. The smallest absolute Gasteiger partial charge is 0.307 e. The fourth-order valence-electron chi connectivity index (χ4n) is 4.78. The van der Waals surface area contributed by atoms with Crippen molar-refractivity contribution in [2.45, 2.75) is 51.4 Å². The first-order chi connectivity index (χ1) is 9.66. The van der Waals surface area contributed by atoms with Gasteiger partial charge in [0.15, 0.2) is 0 Å². The molecule has 3 aliphatic carbocycles. The first kappa shape index (κ1) is 13.9. The normalized spacial score (nSPS) is 37.0. The van der Waals surface area contributed by atoms with Crippen LogP contribution in [0.15, 0.2) is 0 Å². The topological polar surface area (TPSA) is 66.4 Å². The third-order valence-corrected chi connectivity index (χ3v) is 5.79. The number of nitrogens with one attached hydrogen (secondary N) is 1. The number of carbonyl (C=O) groups is 2. The number of carbonyl (C=O) groups excluding carboxylic acids is 1. The second kappa shape index (κ2) is 5.74. The molecule has 0 aliphatic heterocycles. The van der Waals surface area contributed by atoms with E-state index in [9.17, 15) is 14.7 Å². The molecule has 3 fully saturated rings. The molecule has 0 unspecified atom stereocenters. The zero-order valence-electron chi connectivity index (χ0n) is 12.0. The van der Waals surface area contributed by atoms with Crippen LogP contribution in [0.25, 0.3) is 0 Å². The van der Waals surface area contributed by atoms with Crippen LogP contribution in [-0.2, 0) is 9.59 Å². The maximum atomic E-state index is 12.4. The summed E-state index contributed by atoms with van der Waals surface area (Å²) in [6, 6.07) is 0. The zero-order valence-corrected chi connectivity index (χ0v) is 12.0. The third-order valence-electron chi connectivity index (χ3n) is 5.79. The van der Waals surface area contributed by atoms with Crippen molar-refractivity contribution in [3.8, 4) is 0 Å². The molecule has 112 valence electrons. The van der Waals surface area contributed by atoms with Gasteiger partial charge in [0.05, 0.1) is 11.8 Å². The Kier molecular flexibility index (Phi) is 3.99. The highest BCUT2D eigenvalue weighted by Gasteiger charge is 2.53. The van der Waals surface area contributed by atoms with Gasteiger partial charge in [-0.3, -0.25) is 9.59 Å². The molecule has 3 saturated carbocycles. The molecule has 3 aliphatic rings. The van der Waals surface area contributed by atoms with Gasteiger partial charge >= 0.3 is 5.97 Å². The molecule has 4 heteroatoms. The minimum absolute atomic E-state index is 0.00942. The maximum absolute atomic E-state index is 12.4. The number of carboxylic acid groups (broad SMARTS) is 1. The minimum atomic E-state index is -0.769. The van der Waals surface area contributed by atoms with Crippen molar-refractivity contribution in [1.82, 2.24) is 5.32 Å². The summed E-state index contributed by atoms with van der Waals surface area (Å²) in [6.45, 7) is 0.749. The third kappa shape index (κ3) is 2.57. The van der Waals surface area contributed by atoms with E-state index < -0.39 is 11.9 Å². The monoisotopic (exact) mass is 279 g/mol. The van der Waals surface area contributed by atoms with Gasteiger partial charge in [0.2, 0.25) is 5.91 Å². The Morgan fingerprint density at radius 2 is 1.60 bits per heavy atom. The van der Waals surface area contributed by atoms with Gasteiger partial charge in [0, 0.05) is 6.54 Å². The summed E-state index contributed by atoms with van der Waals surface area (Å²) in [5.74, 6) is -0.301. The van der Waals surface area contributed by atoms with E-state index in [2.05, 4.69) is 5.32 Å². The van der Waals surface area contributed by atoms with Gasteiger partial charge in [-0.25, -0.2) is 0 Å². The van der Waals surface area contributed by atoms with E-state index in [4.69, 9.17) is 0 Å². The summed E-state index contributed by atoms with van der Waals surface area (Å²) in [4.78, 5) is 23.9. The fraction of sp³-hybridized carbons (Fsp3) is 0.875. The van der Waals surface area contributed by atoms with Crippen molar-refractivity contribution in [3.63, 3.8) is 0 Å². The number of amides is 1. The van der Waals surface area contributed by atoms with Gasteiger partial charge in [-0.2, -0.15) is 0 Å². The molecule has 4 atom stereocenters. The number of aliphatic carboxylic acids is 1. The van der Waals surface area contributed by atoms with Gasteiger partial charge in [0.25, 0.3) is 0 Å². The van der Waals surface area contributed by atoms with Gasteiger partial charge in [-0.15, -0.1) is 0 Å². The summed E-state index contributed by atoms with van der Waals surface area (Å²) >= 11 is 0. The second-order valence-corrected chi connectivity index (χ2v) is 6.97. The van der Waals surface area contributed by atoms with E-state index >= 15 is 0 Å². The Morgan fingerprint density at radius 3 is 2.25 bits per heavy atom. The summed E-state index contributed by atoms with van der Waals surface area (Å²) in [5.41, 5.74) is 0. The molecule has 0 radical (unpaired) electrons. The lowest BCUT2D eigenvalue weighted by Crippen LogP contribution is -2.42. The molecule has 1 amide bonds. The molecule has 0 heterocycles. The predicted octanol–water partition coefficient (Wildman–Crippen LogP) is 2.43. The van der Waals surface area contributed by atoms with Crippen LogP contribution in [-0.4, -0.2) is 23.5 Å². The van der Waals surface area contributed by atoms with Gasteiger partial charge in [0.1, 0.15) is 0 Å². The Bertz CT molecular complexity index is 389. The van der Waals surface area contributed by atoms with Crippen LogP contribution in [0.5, 0.6) is 0 Å². The lowest BCUT2D eigenvalue weighted by Gasteiger charge is -2.28. The van der Waals surface area contributed by atoms with Gasteiger partial charge in [-0.1, -0.05) is 19.3 Å². The highest BCUT2D eigenvalue weighted by Crippen LogP contribution is 2.52.